The van der Waals surface area contributed by atoms with Gasteiger partial charge in [-0.2, -0.15) is 5.10 Å². The first-order chi connectivity index (χ1) is 11.1. The topological polar surface area (TPSA) is 61.7 Å². The maximum absolute atomic E-state index is 12.6. The number of aromatic nitrogens is 2. The van der Waals surface area contributed by atoms with Crippen LogP contribution in [-0.2, 0) is 11.8 Å². The van der Waals surface area contributed by atoms with E-state index in [1.165, 1.54) is 0 Å². The minimum atomic E-state index is 0.0427. The average Bonchev–Trinajstić information content (AvgIpc) is 3.19. The van der Waals surface area contributed by atoms with Gasteiger partial charge in [0.2, 0.25) is 5.91 Å². The Balaban J connectivity index is 1.51. The zero-order valence-electron chi connectivity index (χ0n) is 14.0. The third kappa shape index (κ3) is 3.39. The van der Waals surface area contributed by atoms with E-state index in [4.69, 9.17) is 0 Å². The predicted octanol–water partition coefficient (Wildman–Crippen LogP) is 0.109. The van der Waals surface area contributed by atoms with Crippen LogP contribution in [0.15, 0.2) is 6.20 Å². The predicted molar refractivity (Wildman–Crippen MR) is 86.1 cm³/mol. The molecule has 0 bridgehead atoms. The molecule has 3 rings (SSSR count). The molecule has 0 N–H and O–H groups in total. The number of likely N-dealkylation sites (tertiary alicyclic amines) is 1. The normalized spacial score (nSPS) is 19.4. The summed E-state index contributed by atoms with van der Waals surface area (Å²) in [6.07, 6.45) is 3.89. The van der Waals surface area contributed by atoms with Crippen molar-refractivity contribution >= 4 is 11.8 Å². The number of piperazine rings is 1. The Hall–Kier alpha value is -1.89. The van der Waals surface area contributed by atoms with Gasteiger partial charge in [-0.3, -0.25) is 19.2 Å². The van der Waals surface area contributed by atoms with Crippen molar-refractivity contribution in [2.24, 2.45) is 7.05 Å². The maximum atomic E-state index is 12.6. The molecular weight excluding hydrogens is 294 g/mol. The zero-order chi connectivity index (χ0) is 16.4. The van der Waals surface area contributed by atoms with Gasteiger partial charge in [0.15, 0.2) is 0 Å². The standard InChI is InChI=1S/C16H25N5O2/c1-13-14(11-17-18(13)2)16(23)21-9-7-19(8-10-21)12-15(22)20-5-3-4-6-20/h11H,3-10,12H2,1-2H3. The minimum Gasteiger partial charge on any atom is -0.342 e. The van der Waals surface area contributed by atoms with E-state index < -0.39 is 0 Å². The molecule has 0 aliphatic carbocycles. The molecule has 0 saturated carbocycles. The van der Waals surface area contributed by atoms with Crippen molar-refractivity contribution in [3.05, 3.63) is 17.5 Å². The first-order valence-corrected chi connectivity index (χ1v) is 8.34. The van der Waals surface area contributed by atoms with Gasteiger partial charge in [0.1, 0.15) is 0 Å². The highest BCUT2D eigenvalue weighted by molar-refractivity contribution is 5.95. The smallest absolute Gasteiger partial charge is 0.257 e. The zero-order valence-corrected chi connectivity index (χ0v) is 14.0. The molecule has 0 spiro atoms. The summed E-state index contributed by atoms with van der Waals surface area (Å²) in [6, 6.07) is 0. The fourth-order valence-corrected chi connectivity index (χ4v) is 3.25. The largest absolute Gasteiger partial charge is 0.342 e. The Labute approximate surface area is 136 Å². The molecule has 2 fully saturated rings. The van der Waals surface area contributed by atoms with Crippen LogP contribution in [0.4, 0.5) is 0 Å². The second-order valence-electron chi connectivity index (χ2n) is 6.42. The van der Waals surface area contributed by atoms with E-state index in [2.05, 4.69) is 10.00 Å². The van der Waals surface area contributed by atoms with Gasteiger partial charge in [0.05, 0.1) is 18.3 Å². The molecule has 0 atom stereocenters. The minimum absolute atomic E-state index is 0.0427. The lowest BCUT2D eigenvalue weighted by Gasteiger charge is -2.35. The van der Waals surface area contributed by atoms with Gasteiger partial charge in [-0.15, -0.1) is 0 Å². The van der Waals surface area contributed by atoms with Crippen LogP contribution < -0.4 is 0 Å². The van der Waals surface area contributed by atoms with Crippen LogP contribution in [-0.4, -0.2) is 82.1 Å². The number of carbonyl (C=O) groups is 2. The number of hydrogen-bond acceptors (Lipinski definition) is 4. The molecule has 0 unspecified atom stereocenters. The average molecular weight is 319 g/mol. The summed E-state index contributed by atoms with van der Waals surface area (Å²) < 4.78 is 1.72. The summed E-state index contributed by atoms with van der Waals surface area (Å²) >= 11 is 0. The summed E-state index contributed by atoms with van der Waals surface area (Å²) in [7, 11) is 1.84. The van der Waals surface area contributed by atoms with Gasteiger partial charge in [-0.25, -0.2) is 0 Å². The molecule has 7 heteroatoms. The van der Waals surface area contributed by atoms with Gasteiger partial charge >= 0.3 is 0 Å². The van der Waals surface area contributed by atoms with E-state index in [9.17, 15) is 9.59 Å². The molecule has 2 amide bonds. The van der Waals surface area contributed by atoms with Gasteiger partial charge in [-0.1, -0.05) is 0 Å². The molecule has 2 saturated heterocycles. The van der Waals surface area contributed by atoms with Crippen molar-refractivity contribution in [3.63, 3.8) is 0 Å². The Kier molecular flexibility index (Phi) is 4.66. The second-order valence-corrected chi connectivity index (χ2v) is 6.42. The fourth-order valence-electron chi connectivity index (χ4n) is 3.25. The quantitative estimate of drug-likeness (QED) is 0.793. The number of rotatable bonds is 3. The van der Waals surface area contributed by atoms with Crippen LogP contribution in [0.5, 0.6) is 0 Å². The Morgan fingerprint density at radius 3 is 2.26 bits per heavy atom. The van der Waals surface area contributed by atoms with Crippen molar-refractivity contribution < 1.29 is 9.59 Å². The molecule has 1 aromatic rings. The lowest BCUT2D eigenvalue weighted by molar-refractivity contribution is -0.131. The number of nitrogens with zero attached hydrogens (tertiary/aromatic N) is 5. The first-order valence-electron chi connectivity index (χ1n) is 8.34. The lowest BCUT2D eigenvalue weighted by atomic mass is 10.2. The van der Waals surface area contributed by atoms with E-state index in [-0.39, 0.29) is 11.8 Å². The van der Waals surface area contributed by atoms with E-state index >= 15 is 0 Å². The van der Waals surface area contributed by atoms with Gasteiger partial charge in [0.25, 0.3) is 5.91 Å². The Bertz CT molecular complexity index is 583. The van der Waals surface area contributed by atoms with Crippen LogP contribution in [0.25, 0.3) is 0 Å². The summed E-state index contributed by atoms with van der Waals surface area (Å²) in [5.41, 5.74) is 1.57. The highest BCUT2D eigenvalue weighted by atomic mass is 16.2. The third-order valence-corrected chi connectivity index (χ3v) is 4.94. The summed E-state index contributed by atoms with van der Waals surface area (Å²) in [5, 5.41) is 4.14. The van der Waals surface area contributed by atoms with Crippen LogP contribution in [0.3, 0.4) is 0 Å². The number of carbonyl (C=O) groups excluding carboxylic acids is 2. The highest BCUT2D eigenvalue weighted by Gasteiger charge is 2.27. The Morgan fingerprint density at radius 2 is 1.70 bits per heavy atom. The van der Waals surface area contributed by atoms with Crippen LogP contribution in [0.2, 0.25) is 0 Å². The highest BCUT2D eigenvalue weighted by Crippen LogP contribution is 2.13. The molecule has 23 heavy (non-hydrogen) atoms. The molecule has 2 aliphatic heterocycles. The summed E-state index contributed by atoms with van der Waals surface area (Å²) in [4.78, 5) is 30.7. The lowest BCUT2D eigenvalue weighted by Crippen LogP contribution is -2.51. The van der Waals surface area contributed by atoms with Crippen molar-refractivity contribution in [3.8, 4) is 0 Å². The molecule has 126 valence electrons. The number of hydrogen-bond donors (Lipinski definition) is 0. The SMILES string of the molecule is Cc1c(C(=O)N2CCN(CC(=O)N3CCCC3)CC2)cnn1C. The Morgan fingerprint density at radius 1 is 1.04 bits per heavy atom. The van der Waals surface area contributed by atoms with E-state index in [1.807, 2.05) is 23.8 Å². The number of aryl methyl sites for hydroxylation is 1. The molecule has 3 heterocycles. The van der Waals surface area contributed by atoms with Gasteiger partial charge < -0.3 is 9.80 Å². The van der Waals surface area contributed by atoms with Gasteiger partial charge in [0, 0.05) is 52.0 Å². The van der Waals surface area contributed by atoms with Crippen molar-refractivity contribution in [1.29, 1.82) is 0 Å². The summed E-state index contributed by atoms with van der Waals surface area (Å²) in [5.74, 6) is 0.270. The maximum Gasteiger partial charge on any atom is 0.257 e. The van der Waals surface area contributed by atoms with E-state index in [0.717, 1.165) is 44.7 Å². The molecule has 2 aliphatic rings. The van der Waals surface area contributed by atoms with E-state index in [1.54, 1.807) is 10.9 Å². The van der Waals surface area contributed by atoms with Crippen LogP contribution in [0.1, 0.15) is 28.9 Å². The molecule has 1 aromatic heterocycles. The summed E-state index contributed by atoms with van der Waals surface area (Å²) in [6.45, 7) is 7.03. The number of amides is 2. The van der Waals surface area contributed by atoms with Crippen LogP contribution in [0, 0.1) is 6.92 Å². The van der Waals surface area contributed by atoms with Gasteiger partial charge in [-0.05, 0) is 19.8 Å². The second kappa shape index (κ2) is 6.70. The van der Waals surface area contributed by atoms with Crippen molar-refractivity contribution in [2.75, 3.05) is 45.8 Å². The third-order valence-electron chi connectivity index (χ3n) is 4.94. The fraction of sp³-hybridized carbons (Fsp3) is 0.688. The molecule has 0 aromatic carbocycles. The molecular formula is C16H25N5O2. The monoisotopic (exact) mass is 319 g/mol. The molecule has 7 nitrogen and oxygen atoms in total. The van der Waals surface area contributed by atoms with Crippen molar-refractivity contribution in [2.45, 2.75) is 19.8 Å². The van der Waals surface area contributed by atoms with Crippen LogP contribution >= 0.6 is 0 Å². The van der Waals surface area contributed by atoms with Crippen molar-refractivity contribution in [1.82, 2.24) is 24.5 Å². The molecule has 0 radical (unpaired) electrons. The first kappa shape index (κ1) is 16.0. The van der Waals surface area contributed by atoms with E-state index in [0.29, 0.717) is 25.2 Å².